The van der Waals surface area contributed by atoms with Gasteiger partial charge < -0.3 is 19.9 Å². The Kier molecular flexibility index (Phi) is 7.70. The number of nitrogens with one attached hydrogen (secondary N) is 1. The molecule has 1 unspecified atom stereocenters. The average Bonchev–Trinajstić information content (AvgIpc) is 2.77. The molecular formula is C25H25Cl2FN2O4. The van der Waals surface area contributed by atoms with Crippen molar-refractivity contribution in [1.82, 2.24) is 10.3 Å². The molecular weight excluding hydrogens is 482 g/mol. The quantitative estimate of drug-likeness (QED) is 0.430. The number of carbonyl (C=O) groups excluding carboxylic acids is 1. The smallest absolute Gasteiger partial charge is 0.407 e. The molecule has 1 atom stereocenters. The van der Waals surface area contributed by atoms with E-state index < -0.39 is 23.1 Å². The fraction of sp³-hybridized carbons (Fsp3) is 0.280. The molecule has 0 saturated heterocycles. The largest absolute Gasteiger partial charge is 0.496 e. The van der Waals surface area contributed by atoms with Crippen LogP contribution in [0, 0.1) is 5.82 Å². The summed E-state index contributed by atoms with van der Waals surface area (Å²) in [4.78, 5) is 16.2. The van der Waals surface area contributed by atoms with Crippen molar-refractivity contribution in [1.29, 1.82) is 0 Å². The van der Waals surface area contributed by atoms with Gasteiger partial charge in [0.05, 0.1) is 29.9 Å². The van der Waals surface area contributed by atoms with Crippen molar-refractivity contribution in [3.05, 3.63) is 81.8 Å². The lowest BCUT2D eigenvalue weighted by Gasteiger charge is -2.32. The number of hydrogen-bond donors (Lipinski definition) is 2. The zero-order valence-electron chi connectivity index (χ0n) is 19.2. The highest BCUT2D eigenvalue weighted by Gasteiger charge is 2.36. The van der Waals surface area contributed by atoms with Crippen molar-refractivity contribution in [2.45, 2.75) is 32.0 Å². The number of alkyl carbamates (subject to hydrolysis) is 1. The van der Waals surface area contributed by atoms with Crippen molar-refractivity contribution in [3.63, 3.8) is 0 Å². The molecule has 0 aliphatic heterocycles. The lowest BCUT2D eigenvalue weighted by Crippen LogP contribution is -2.43. The number of rotatable bonds is 6. The number of halogens is 3. The second kappa shape index (κ2) is 10.2. The van der Waals surface area contributed by atoms with Crippen LogP contribution in [0.2, 0.25) is 10.0 Å². The van der Waals surface area contributed by atoms with Crippen LogP contribution in [-0.4, -0.2) is 35.4 Å². The second-order valence-corrected chi connectivity index (χ2v) is 9.47. The molecule has 180 valence electrons. The molecule has 0 fully saturated rings. The molecule has 1 heterocycles. The molecule has 1 amide bonds. The van der Waals surface area contributed by atoms with Gasteiger partial charge in [0, 0.05) is 17.3 Å². The molecule has 2 aromatic carbocycles. The molecule has 2 N–H and O–H groups in total. The van der Waals surface area contributed by atoms with Gasteiger partial charge >= 0.3 is 6.09 Å². The second-order valence-electron chi connectivity index (χ2n) is 8.65. The number of nitrogens with zero attached hydrogens (tertiary/aromatic N) is 1. The maximum Gasteiger partial charge on any atom is 0.407 e. The standard InChI is InChI=1S/C25H25Cl2FN2O4/c1-24(2,3)34-23(31)30-14-25(32,17-6-8-20(26)21(27)11-17)19-7-5-15(10-22(19)33-4)16-9-18(28)13-29-12-16/h5-13,32H,14H2,1-4H3,(H,30,31). The van der Waals surface area contributed by atoms with Gasteiger partial charge in [-0.05, 0) is 56.2 Å². The summed E-state index contributed by atoms with van der Waals surface area (Å²) in [5.74, 6) is -0.171. The Hall–Kier alpha value is -2.87. The van der Waals surface area contributed by atoms with Gasteiger partial charge in [0.15, 0.2) is 0 Å². The number of aliphatic hydroxyl groups is 1. The van der Waals surface area contributed by atoms with E-state index in [0.29, 0.717) is 33.0 Å². The van der Waals surface area contributed by atoms with Crippen LogP contribution >= 0.6 is 23.2 Å². The minimum absolute atomic E-state index is 0.233. The molecule has 0 aliphatic carbocycles. The maximum atomic E-state index is 13.7. The Balaban J connectivity index is 2.08. The summed E-state index contributed by atoms with van der Waals surface area (Å²) >= 11 is 12.3. The highest BCUT2D eigenvalue weighted by atomic mass is 35.5. The topological polar surface area (TPSA) is 80.7 Å². The first-order valence-electron chi connectivity index (χ1n) is 10.4. The van der Waals surface area contributed by atoms with Gasteiger partial charge in [-0.2, -0.15) is 0 Å². The van der Waals surface area contributed by atoms with Gasteiger partial charge in [-0.3, -0.25) is 4.98 Å². The fourth-order valence-corrected chi connectivity index (χ4v) is 3.70. The van der Waals surface area contributed by atoms with Crippen LogP contribution in [0.25, 0.3) is 11.1 Å². The molecule has 0 saturated carbocycles. The summed E-state index contributed by atoms with van der Waals surface area (Å²) in [7, 11) is 1.45. The van der Waals surface area contributed by atoms with E-state index in [1.54, 1.807) is 51.1 Å². The van der Waals surface area contributed by atoms with Crippen molar-refractivity contribution >= 4 is 29.3 Å². The predicted octanol–water partition coefficient (Wildman–Crippen LogP) is 5.96. The monoisotopic (exact) mass is 506 g/mol. The molecule has 34 heavy (non-hydrogen) atoms. The van der Waals surface area contributed by atoms with Crippen molar-refractivity contribution < 1.29 is 23.8 Å². The van der Waals surface area contributed by atoms with Gasteiger partial charge in [0.1, 0.15) is 22.8 Å². The number of benzene rings is 2. The summed E-state index contributed by atoms with van der Waals surface area (Å²) in [6.07, 6.45) is 1.93. The van der Waals surface area contributed by atoms with Crippen LogP contribution in [0.4, 0.5) is 9.18 Å². The van der Waals surface area contributed by atoms with Crippen LogP contribution in [-0.2, 0) is 10.3 Å². The first-order valence-corrected chi connectivity index (χ1v) is 11.1. The number of pyridine rings is 1. The SMILES string of the molecule is COc1cc(-c2cncc(F)c2)ccc1C(O)(CNC(=O)OC(C)(C)C)c1ccc(Cl)c(Cl)c1. The van der Waals surface area contributed by atoms with Gasteiger partial charge in [-0.25, -0.2) is 9.18 Å². The van der Waals surface area contributed by atoms with Crippen LogP contribution in [0.1, 0.15) is 31.9 Å². The van der Waals surface area contributed by atoms with Gasteiger partial charge in [0.2, 0.25) is 0 Å². The first-order chi connectivity index (χ1) is 15.9. The van der Waals surface area contributed by atoms with Crippen LogP contribution < -0.4 is 10.1 Å². The Morgan fingerprint density at radius 1 is 1.06 bits per heavy atom. The van der Waals surface area contributed by atoms with E-state index in [1.807, 2.05) is 0 Å². The lowest BCUT2D eigenvalue weighted by atomic mass is 9.84. The number of aromatic nitrogens is 1. The first kappa shape index (κ1) is 25.7. The van der Waals surface area contributed by atoms with E-state index in [-0.39, 0.29) is 11.6 Å². The van der Waals surface area contributed by atoms with Crippen LogP contribution in [0.3, 0.4) is 0 Å². The molecule has 1 aromatic heterocycles. The van der Waals surface area contributed by atoms with Crippen LogP contribution in [0.5, 0.6) is 5.75 Å². The van der Waals surface area contributed by atoms with Crippen molar-refractivity contribution in [2.75, 3.05) is 13.7 Å². The van der Waals surface area contributed by atoms with E-state index in [2.05, 4.69) is 10.3 Å². The fourth-order valence-electron chi connectivity index (χ4n) is 3.40. The summed E-state index contributed by atoms with van der Waals surface area (Å²) in [5, 5.41) is 15.1. The molecule has 9 heteroatoms. The highest BCUT2D eigenvalue weighted by Crippen LogP contribution is 2.39. The molecule has 0 spiro atoms. The summed E-state index contributed by atoms with van der Waals surface area (Å²) < 4.78 is 24.6. The molecule has 0 bridgehead atoms. The summed E-state index contributed by atoms with van der Waals surface area (Å²) in [6.45, 7) is 4.96. The lowest BCUT2D eigenvalue weighted by molar-refractivity contribution is 0.0387. The zero-order chi connectivity index (χ0) is 25.1. The Bertz CT molecular complexity index is 1200. The van der Waals surface area contributed by atoms with Crippen LogP contribution in [0.15, 0.2) is 54.9 Å². The van der Waals surface area contributed by atoms with Gasteiger partial charge in [0.25, 0.3) is 0 Å². The molecule has 3 aromatic rings. The average molecular weight is 507 g/mol. The third kappa shape index (κ3) is 5.97. The third-order valence-corrected chi connectivity index (χ3v) is 5.71. The van der Waals surface area contributed by atoms with Crippen molar-refractivity contribution in [3.8, 4) is 16.9 Å². The zero-order valence-corrected chi connectivity index (χ0v) is 20.7. The summed E-state index contributed by atoms with van der Waals surface area (Å²) in [5.41, 5.74) is -0.604. The van der Waals surface area contributed by atoms with Gasteiger partial charge in [-0.15, -0.1) is 0 Å². The predicted molar refractivity (Wildman–Crippen MR) is 130 cm³/mol. The van der Waals surface area contributed by atoms with E-state index in [9.17, 15) is 14.3 Å². The number of ether oxygens (including phenoxy) is 2. The summed E-state index contributed by atoms with van der Waals surface area (Å²) in [6, 6.07) is 11.0. The Morgan fingerprint density at radius 2 is 1.79 bits per heavy atom. The maximum absolute atomic E-state index is 13.7. The highest BCUT2D eigenvalue weighted by molar-refractivity contribution is 6.42. The van der Waals surface area contributed by atoms with E-state index in [0.717, 1.165) is 6.20 Å². The Labute approximate surface area is 207 Å². The third-order valence-electron chi connectivity index (χ3n) is 4.97. The van der Waals surface area contributed by atoms with Crippen molar-refractivity contribution in [2.24, 2.45) is 0 Å². The van der Waals surface area contributed by atoms with E-state index >= 15 is 0 Å². The minimum atomic E-state index is -1.77. The normalized spacial score (nSPS) is 13.2. The molecule has 3 rings (SSSR count). The molecule has 6 nitrogen and oxygen atoms in total. The van der Waals surface area contributed by atoms with E-state index in [1.165, 1.54) is 25.4 Å². The van der Waals surface area contributed by atoms with Gasteiger partial charge in [-0.1, -0.05) is 41.4 Å². The molecule has 0 radical (unpaired) electrons. The van der Waals surface area contributed by atoms with E-state index in [4.69, 9.17) is 32.7 Å². The number of carbonyl (C=O) groups is 1. The number of amides is 1. The minimum Gasteiger partial charge on any atom is -0.496 e. The Morgan fingerprint density at radius 3 is 2.41 bits per heavy atom. The number of methoxy groups -OCH3 is 1. The molecule has 0 aliphatic rings. The number of hydrogen-bond acceptors (Lipinski definition) is 5.